The molecule has 0 amide bonds. The summed E-state index contributed by atoms with van der Waals surface area (Å²) < 4.78 is 23.5. The first-order chi connectivity index (χ1) is 9.98. The molecular formula is C16H32N2O2S. The van der Waals surface area contributed by atoms with E-state index in [1.807, 2.05) is 0 Å². The average Bonchev–Trinajstić information content (AvgIpc) is 2.93. The van der Waals surface area contributed by atoms with Gasteiger partial charge < -0.3 is 10.2 Å². The molecule has 0 saturated heterocycles. The molecule has 2 fully saturated rings. The average molecular weight is 317 g/mol. The molecular weight excluding hydrogens is 284 g/mol. The molecule has 0 heterocycles. The van der Waals surface area contributed by atoms with Gasteiger partial charge in [-0.15, -0.1) is 0 Å². The SMILES string of the molecule is CN(CCCNC1CCCC1S(C)(=O)=O)C1CCCCC1. The molecule has 4 nitrogen and oxygen atoms in total. The van der Waals surface area contributed by atoms with Gasteiger partial charge in [-0.1, -0.05) is 25.7 Å². The van der Waals surface area contributed by atoms with E-state index in [-0.39, 0.29) is 11.3 Å². The van der Waals surface area contributed by atoms with Crippen LogP contribution in [0.3, 0.4) is 0 Å². The molecule has 2 rings (SSSR count). The monoisotopic (exact) mass is 316 g/mol. The normalized spacial score (nSPS) is 28.3. The molecule has 1 N–H and O–H groups in total. The fourth-order valence-electron chi connectivity index (χ4n) is 3.99. The van der Waals surface area contributed by atoms with Crippen molar-refractivity contribution in [3.05, 3.63) is 0 Å². The van der Waals surface area contributed by atoms with Gasteiger partial charge in [0.05, 0.1) is 5.25 Å². The van der Waals surface area contributed by atoms with Crippen LogP contribution in [0.5, 0.6) is 0 Å². The van der Waals surface area contributed by atoms with Crippen molar-refractivity contribution in [1.29, 1.82) is 0 Å². The quantitative estimate of drug-likeness (QED) is 0.732. The Morgan fingerprint density at radius 3 is 2.43 bits per heavy atom. The van der Waals surface area contributed by atoms with Crippen LogP contribution in [0.2, 0.25) is 0 Å². The minimum absolute atomic E-state index is 0.159. The largest absolute Gasteiger partial charge is 0.313 e. The molecule has 2 unspecified atom stereocenters. The van der Waals surface area contributed by atoms with E-state index in [1.165, 1.54) is 38.4 Å². The Kier molecular flexibility index (Phi) is 6.51. The van der Waals surface area contributed by atoms with Crippen LogP contribution in [0.1, 0.15) is 57.8 Å². The summed E-state index contributed by atoms with van der Waals surface area (Å²) in [4.78, 5) is 2.50. The highest BCUT2D eigenvalue weighted by molar-refractivity contribution is 7.91. The zero-order valence-corrected chi connectivity index (χ0v) is 14.5. The topological polar surface area (TPSA) is 49.4 Å². The van der Waals surface area contributed by atoms with Crippen LogP contribution in [0.4, 0.5) is 0 Å². The summed E-state index contributed by atoms with van der Waals surface area (Å²) in [6, 6.07) is 0.953. The van der Waals surface area contributed by atoms with E-state index in [1.54, 1.807) is 0 Å². The molecule has 21 heavy (non-hydrogen) atoms. The van der Waals surface area contributed by atoms with E-state index in [0.29, 0.717) is 0 Å². The zero-order valence-electron chi connectivity index (χ0n) is 13.7. The second-order valence-electron chi connectivity index (χ2n) is 6.99. The second kappa shape index (κ2) is 7.93. The molecule has 2 saturated carbocycles. The van der Waals surface area contributed by atoms with E-state index in [0.717, 1.165) is 44.8 Å². The van der Waals surface area contributed by atoms with Crippen molar-refractivity contribution in [1.82, 2.24) is 10.2 Å². The summed E-state index contributed by atoms with van der Waals surface area (Å²) in [6.45, 7) is 2.06. The summed E-state index contributed by atoms with van der Waals surface area (Å²) in [5.74, 6) is 0. The van der Waals surface area contributed by atoms with Crippen molar-refractivity contribution in [2.75, 3.05) is 26.4 Å². The maximum absolute atomic E-state index is 11.7. The predicted molar refractivity (Wildman–Crippen MR) is 88.4 cm³/mol. The first-order valence-corrected chi connectivity index (χ1v) is 10.6. The first kappa shape index (κ1) is 17.2. The molecule has 0 radical (unpaired) electrons. The fourth-order valence-corrected chi connectivity index (χ4v) is 5.42. The van der Waals surface area contributed by atoms with Crippen molar-refractivity contribution >= 4 is 9.84 Å². The Bertz CT molecular complexity index is 405. The van der Waals surface area contributed by atoms with Gasteiger partial charge in [0.15, 0.2) is 9.84 Å². The van der Waals surface area contributed by atoms with Gasteiger partial charge in [-0.25, -0.2) is 8.42 Å². The number of hydrogen-bond acceptors (Lipinski definition) is 4. The van der Waals surface area contributed by atoms with Gasteiger partial charge >= 0.3 is 0 Å². The number of nitrogens with zero attached hydrogens (tertiary/aromatic N) is 1. The van der Waals surface area contributed by atoms with Gasteiger partial charge in [0.1, 0.15) is 0 Å². The van der Waals surface area contributed by atoms with Gasteiger partial charge in [-0.2, -0.15) is 0 Å². The molecule has 0 bridgehead atoms. The zero-order chi connectivity index (χ0) is 15.3. The van der Waals surface area contributed by atoms with Crippen molar-refractivity contribution < 1.29 is 8.42 Å². The summed E-state index contributed by atoms with van der Waals surface area (Å²) in [7, 11) is -0.654. The molecule has 124 valence electrons. The van der Waals surface area contributed by atoms with E-state index < -0.39 is 9.84 Å². The van der Waals surface area contributed by atoms with Gasteiger partial charge in [0, 0.05) is 18.3 Å². The van der Waals surface area contributed by atoms with E-state index >= 15 is 0 Å². The molecule has 0 aromatic rings. The van der Waals surface area contributed by atoms with Crippen LogP contribution in [0, 0.1) is 0 Å². The smallest absolute Gasteiger partial charge is 0.151 e. The lowest BCUT2D eigenvalue weighted by Crippen LogP contribution is -2.41. The van der Waals surface area contributed by atoms with Crippen LogP contribution >= 0.6 is 0 Å². The highest BCUT2D eigenvalue weighted by Crippen LogP contribution is 2.25. The first-order valence-electron chi connectivity index (χ1n) is 8.61. The summed E-state index contributed by atoms with van der Waals surface area (Å²) >= 11 is 0. The predicted octanol–water partition coefficient (Wildman–Crippen LogP) is 2.20. The number of rotatable bonds is 7. The third kappa shape index (κ3) is 5.22. The lowest BCUT2D eigenvalue weighted by atomic mass is 9.94. The Morgan fingerprint density at radius 1 is 1.05 bits per heavy atom. The van der Waals surface area contributed by atoms with Crippen LogP contribution in [-0.4, -0.2) is 57.0 Å². The molecule has 0 aromatic carbocycles. The van der Waals surface area contributed by atoms with E-state index in [2.05, 4.69) is 17.3 Å². The van der Waals surface area contributed by atoms with Crippen molar-refractivity contribution in [2.24, 2.45) is 0 Å². The van der Waals surface area contributed by atoms with E-state index in [9.17, 15) is 8.42 Å². The standard InChI is InChI=1S/C16H32N2O2S/c1-18(14-8-4-3-5-9-14)13-7-12-17-15-10-6-11-16(15)21(2,19)20/h14-17H,3-13H2,1-2H3. The number of sulfone groups is 1. The van der Waals surface area contributed by atoms with Crippen LogP contribution in [0.25, 0.3) is 0 Å². The Labute approximate surface area is 130 Å². The van der Waals surface area contributed by atoms with Crippen LogP contribution in [-0.2, 0) is 9.84 Å². The minimum Gasteiger partial charge on any atom is -0.313 e. The lowest BCUT2D eigenvalue weighted by molar-refractivity contribution is 0.189. The Morgan fingerprint density at radius 2 is 1.76 bits per heavy atom. The fraction of sp³-hybridized carbons (Fsp3) is 1.00. The lowest BCUT2D eigenvalue weighted by Gasteiger charge is -2.31. The highest BCUT2D eigenvalue weighted by atomic mass is 32.2. The second-order valence-corrected chi connectivity index (χ2v) is 9.25. The van der Waals surface area contributed by atoms with Crippen molar-refractivity contribution in [3.63, 3.8) is 0 Å². The third-order valence-electron chi connectivity index (χ3n) is 5.29. The summed E-state index contributed by atoms with van der Waals surface area (Å²) in [6.07, 6.45) is 12.2. The Balaban J connectivity index is 1.65. The van der Waals surface area contributed by atoms with Gasteiger partial charge in [-0.05, 0) is 52.2 Å². The minimum atomic E-state index is -2.90. The third-order valence-corrected chi connectivity index (χ3v) is 6.96. The number of hydrogen-bond donors (Lipinski definition) is 1. The molecule has 2 aliphatic carbocycles. The maximum atomic E-state index is 11.7. The molecule has 0 aromatic heterocycles. The van der Waals surface area contributed by atoms with Crippen molar-refractivity contribution in [3.8, 4) is 0 Å². The molecule has 0 aliphatic heterocycles. The van der Waals surface area contributed by atoms with Gasteiger partial charge in [0.2, 0.25) is 0 Å². The van der Waals surface area contributed by atoms with Gasteiger partial charge in [0.25, 0.3) is 0 Å². The molecule has 0 spiro atoms. The molecule has 5 heteroatoms. The molecule has 2 atom stereocenters. The van der Waals surface area contributed by atoms with E-state index in [4.69, 9.17) is 0 Å². The van der Waals surface area contributed by atoms with Crippen LogP contribution < -0.4 is 5.32 Å². The van der Waals surface area contributed by atoms with Gasteiger partial charge in [-0.3, -0.25) is 0 Å². The molecule has 2 aliphatic rings. The number of nitrogens with one attached hydrogen (secondary N) is 1. The van der Waals surface area contributed by atoms with Crippen molar-refractivity contribution in [2.45, 2.75) is 75.1 Å². The highest BCUT2D eigenvalue weighted by Gasteiger charge is 2.34. The summed E-state index contributed by atoms with van der Waals surface area (Å²) in [5.41, 5.74) is 0. The summed E-state index contributed by atoms with van der Waals surface area (Å²) in [5, 5.41) is 3.33. The maximum Gasteiger partial charge on any atom is 0.151 e. The van der Waals surface area contributed by atoms with Crippen LogP contribution in [0.15, 0.2) is 0 Å². The Hall–Kier alpha value is -0.130.